The Morgan fingerprint density at radius 3 is 1.97 bits per heavy atom. The van der Waals surface area contributed by atoms with Crippen molar-refractivity contribution >= 4 is 27.8 Å². The number of aliphatic carboxylic acids is 1. The molecular weight excluding hydrogens is 434 g/mol. The van der Waals surface area contributed by atoms with Gasteiger partial charge in [-0.05, 0) is 47.2 Å². The van der Waals surface area contributed by atoms with Crippen molar-refractivity contribution in [2.45, 2.75) is 16.2 Å². The molecule has 0 fully saturated rings. The average Bonchev–Trinajstić information content (AvgIpc) is 2.79. The van der Waals surface area contributed by atoms with Crippen LogP contribution in [-0.2, 0) is 14.8 Å². The molecule has 0 bridgehead atoms. The zero-order chi connectivity index (χ0) is 22.4. The summed E-state index contributed by atoms with van der Waals surface area (Å²) >= 11 is 1.28. The Morgan fingerprint density at radius 1 is 0.935 bits per heavy atom. The number of carboxylic acids is 1. The fourth-order valence-electron chi connectivity index (χ4n) is 3.19. The van der Waals surface area contributed by atoms with Crippen molar-refractivity contribution in [3.8, 4) is 16.9 Å². The average molecular weight is 458 g/mol. The van der Waals surface area contributed by atoms with Crippen LogP contribution in [0.25, 0.3) is 11.1 Å². The van der Waals surface area contributed by atoms with Gasteiger partial charge in [-0.25, -0.2) is 8.42 Å². The second-order valence-electron chi connectivity index (χ2n) is 6.76. The van der Waals surface area contributed by atoms with Crippen LogP contribution in [-0.4, -0.2) is 38.9 Å². The first-order valence-corrected chi connectivity index (χ1v) is 12.2. The van der Waals surface area contributed by atoms with Crippen LogP contribution in [0.3, 0.4) is 0 Å². The molecule has 0 spiro atoms. The Balaban J connectivity index is 1.84. The van der Waals surface area contributed by atoms with Gasteiger partial charge in [-0.15, -0.1) is 0 Å². The maximum atomic E-state index is 12.9. The predicted molar refractivity (Wildman–Crippen MR) is 123 cm³/mol. The summed E-state index contributed by atoms with van der Waals surface area (Å²) in [6.07, 6.45) is 1.76. The van der Waals surface area contributed by atoms with Crippen molar-refractivity contribution in [2.75, 3.05) is 13.4 Å². The summed E-state index contributed by atoms with van der Waals surface area (Å²) in [5.41, 5.74) is 2.48. The molecule has 162 valence electrons. The number of thioether (sulfide) groups is 1. The summed E-state index contributed by atoms with van der Waals surface area (Å²) in [5.74, 6) is -0.504. The minimum absolute atomic E-state index is 0.00364. The lowest BCUT2D eigenvalue weighted by atomic mass is 10.1. The zero-order valence-corrected chi connectivity index (χ0v) is 18.7. The largest absolute Gasteiger partial charge is 0.497 e. The maximum absolute atomic E-state index is 12.9. The fraction of sp³-hybridized carbons (Fsp3) is 0.174. The van der Waals surface area contributed by atoms with Crippen LogP contribution in [0.5, 0.6) is 5.75 Å². The van der Waals surface area contributed by atoms with Crippen molar-refractivity contribution in [3.63, 3.8) is 0 Å². The highest BCUT2D eigenvalue weighted by atomic mass is 32.2. The molecule has 0 aliphatic carbocycles. The van der Waals surface area contributed by atoms with Gasteiger partial charge >= 0.3 is 5.97 Å². The van der Waals surface area contributed by atoms with Crippen molar-refractivity contribution in [1.82, 2.24) is 4.72 Å². The van der Waals surface area contributed by atoms with Crippen LogP contribution in [0.2, 0.25) is 0 Å². The van der Waals surface area contributed by atoms with Crippen molar-refractivity contribution < 1.29 is 23.1 Å². The SMILES string of the molecule is COc1ccc(-c2ccc(S(=O)(=O)N[C@H](C(=O)O)[C@@H](SC)c3ccccc3)cc2)cc1. The number of hydrogen-bond acceptors (Lipinski definition) is 5. The van der Waals surface area contributed by atoms with Crippen LogP contribution in [0.4, 0.5) is 0 Å². The number of carboxylic acid groups (broad SMARTS) is 1. The van der Waals surface area contributed by atoms with Crippen LogP contribution in [0.15, 0.2) is 83.8 Å². The Labute approximate surface area is 186 Å². The van der Waals surface area contributed by atoms with Crippen molar-refractivity contribution in [3.05, 3.63) is 84.4 Å². The highest BCUT2D eigenvalue weighted by Crippen LogP contribution is 2.31. The topological polar surface area (TPSA) is 92.7 Å². The molecule has 0 unspecified atom stereocenters. The van der Waals surface area contributed by atoms with Gasteiger partial charge in [0, 0.05) is 0 Å². The van der Waals surface area contributed by atoms with Gasteiger partial charge < -0.3 is 9.84 Å². The molecule has 2 N–H and O–H groups in total. The third kappa shape index (κ3) is 5.46. The molecule has 0 heterocycles. The highest BCUT2D eigenvalue weighted by molar-refractivity contribution is 7.99. The quantitative estimate of drug-likeness (QED) is 0.500. The third-order valence-electron chi connectivity index (χ3n) is 4.82. The monoisotopic (exact) mass is 457 g/mol. The smallest absolute Gasteiger partial charge is 0.323 e. The standard InChI is InChI=1S/C23H23NO5S2/c1-29-19-12-8-16(9-13-19)17-10-14-20(15-11-17)31(27,28)24-21(23(25)26)22(30-2)18-6-4-3-5-7-18/h3-15,21-22,24H,1-2H3,(H,25,26)/t21-,22-/m0/s1. The van der Waals surface area contributed by atoms with E-state index in [4.69, 9.17) is 4.74 Å². The molecule has 3 aromatic rings. The van der Waals surface area contributed by atoms with E-state index in [9.17, 15) is 18.3 Å². The summed E-state index contributed by atoms with van der Waals surface area (Å²) in [5, 5.41) is 9.15. The van der Waals surface area contributed by atoms with E-state index in [-0.39, 0.29) is 4.90 Å². The van der Waals surface area contributed by atoms with E-state index >= 15 is 0 Å². The molecule has 3 aromatic carbocycles. The van der Waals surface area contributed by atoms with E-state index in [1.807, 2.05) is 30.3 Å². The molecule has 2 atom stereocenters. The zero-order valence-electron chi connectivity index (χ0n) is 17.1. The Bertz CT molecular complexity index is 1110. The molecule has 0 radical (unpaired) electrons. The second kappa shape index (κ2) is 10.00. The summed E-state index contributed by atoms with van der Waals surface area (Å²) in [4.78, 5) is 11.9. The molecule has 0 aliphatic heterocycles. The number of hydrogen-bond donors (Lipinski definition) is 2. The molecule has 31 heavy (non-hydrogen) atoms. The predicted octanol–water partition coefficient (Wildman–Crippen LogP) is 4.20. The molecule has 0 amide bonds. The molecule has 0 aliphatic rings. The first-order valence-electron chi connectivity index (χ1n) is 9.43. The molecule has 6 nitrogen and oxygen atoms in total. The Morgan fingerprint density at radius 2 is 1.48 bits per heavy atom. The number of methoxy groups -OCH3 is 1. The molecule has 8 heteroatoms. The van der Waals surface area contributed by atoms with Gasteiger partial charge in [0.2, 0.25) is 10.0 Å². The summed E-state index contributed by atoms with van der Waals surface area (Å²) < 4.78 is 33.4. The fourth-order valence-corrected chi connectivity index (χ4v) is 5.37. The minimum Gasteiger partial charge on any atom is -0.497 e. The maximum Gasteiger partial charge on any atom is 0.323 e. The van der Waals surface area contributed by atoms with Gasteiger partial charge in [0.25, 0.3) is 0 Å². The Kier molecular flexibility index (Phi) is 7.37. The number of carbonyl (C=O) groups is 1. The van der Waals surface area contributed by atoms with Crippen LogP contribution < -0.4 is 9.46 Å². The van der Waals surface area contributed by atoms with Crippen molar-refractivity contribution in [2.24, 2.45) is 0 Å². The lowest BCUT2D eigenvalue weighted by molar-refractivity contribution is -0.139. The molecule has 0 aromatic heterocycles. The summed E-state index contributed by atoms with van der Waals surface area (Å²) in [6.45, 7) is 0. The molecule has 0 saturated carbocycles. The summed E-state index contributed by atoms with van der Waals surface area (Å²) in [7, 11) is -2.45. The van der Waals surface area contributed by atoms with Gasteiger partial charge in [-0.2, -0.15) is 16.5 Å². The van der Waals surface area contributed by atoms with E-state index in [1.54, 1.807) is 49.8 Å². The van der Waals surface area contributed by atoms with Gasteiger partial charge in [-0.1, -0.05) is 54.6 Å². The highest BCUT2D eigenvalue weighted by Gasteiger charge is 2.33. The number of ether oxygens (including phenoxy) is 1. The van der Waals surface area contributed by atoms with Gasteiger partial charge in [0.15, 0.2) is 0 Å². The van der Waals surface area contributed by atoms with E-state index in [2.05, 4.69) is 4.72 Å². The van der Waals surface area contributed by atoms with E-state index < -0.39 is 27.3 Å². The van der Waals surface area contributed by atoms with Crippen LogP contribution in [0, 0.1) is 0 Å². The van der Waals surface area contributed by atoms with E-state index in [1.165, 1.54) is 23.9 Å². The van der Waals surface area contributed by atoms with Gasteiger partial charge in [-0.3, -0.25) is 4.79 Å². The van der Waals surface area contributed by atoms with Crippen LogP contribution in [0.1, 0.15) is 10.8 Å². The first-order chi connectivity index (χ1) is 14.9. The first kappa shape index (κ1) is 22.9. The number of sulfonamides is 1. The Hall–Kier alpha value is -2.81. The van der Waals surface area contributed by atoms with E-state index in [0.29, 0.717) is 0 Å². The molecule has 3 rings (SSSR count). The number of rotatable bonds is 9. The second-order valence-corrected chi connectivity index (χ2v) is 9.45. The lowest BCUT2D eigenvalue weighted by Gasteiger charge is -2.23. The lowest BCUT2D eigenvalue weighted by Crippen LogP contribution is -2.44. The van der Waals surface area contributed by atoms with Gasteiger partial charge in [0.05, 0.1) is 17.3 Å². The molecular formula is C23H23NO5S2. The number of nitrogens with one attached hydrogen (secondary N) is 1. The summed E-state index contributed by atoms with van der Waals surface area (Å²) in [6, 6.07) is 21.4. The van der Waals surface area contributed by atoms with E-state index in [0.717, 1.165) is 22.4 Å². The van der Waals surface area contributed by atoms with Crippen molar-refractivity contribution in [1.29, 1.82) is 0 Å². The van der Waals surface area contributed by atoms with Gasteiger partial charge in [0.1, 0.15) is 11.8 Å². The van der Waals surface area contributed by atoms with Crippen LogP contribution >= 0.6 is 11.8 Å². The third-order valence-corrected chi connectivity index (χ3v) is 7.33. The normalized spacial score (nSPS) is 13.4. The minimum atomic E-state index is -4.04. The number of benzene rings is 3. The molecule has 0 saturated heterocycles.